The van der Waals surface area contributed by atoms with Crippen molar-refractivity contribution in [2.45, 2.75) is 38.1 Å². The lowest BCUT2D eigenvalue weighted by molar-refractivity contribution is 0.568. The molecule has 7 heteroatoms. The number of nitrogens with two attached hydrogens (primary N) is 2. The van der Waals surface area contributed by atoms with E-state index in [1.807, 2.05) is 6.20 Å². The summed E-state index contributed by atoms with van der Waals surface area (Å²) in [6, 6.07) is 2.35. The lowest BCUT2D eigenvalue weighted by atomic mass is 9.87. The first-order valence-electron chi connectivity index (χ1n) is 8.35. The summed E-state index contributed by atoms with van der Waals surface area (Å²) in [5, 5.41) is 10.6. The van der Waals surface area contributed by atoms with Gasteiger partial charge in [0.15, 0.2) is 5.13 Å². The highest BCUT2D eigenvalue weighted by Crippen LogP contribution is 2.40. The first-order chi connectivity index (χ1) is 11.7. The number of rotatable bonds is 2. The molecule has 6 nitrogen and oxygen atoms in total. The van der Waals surface area contributed by atoms with Gasteiger partial charge in [0.1, 0.15) is 17.5 Å². The van der Waals surface area contributed by atoms with Crippen molar-refractivity contribution in [3.05, 3.63) is 23.0 Å². The van der Waals surface area contributed by atoms with Gasteiger partial charge in [-0.1, -0.05) is 11.3 Å². The van der Waals surface area contributed by atoms with Crippen LogP contribution in [0.4, 0.5) is 10.9 Å². The number of aromatic nitrogens is 2. The van der Waals surface area contributed by atoms with Crippen LogP contribution < -0.4 is 16.4 Å². The third kappa shape index (κ3) is 2.52. The number of pyridine rings is 1. The molecule has 4 N–H and O–H groups in total. The largest absolute Gasteiger partial charge is 0.383 e. The fourth-order valence-corrected chi connectivity index (χ4v) is 4.67. The molecule has 0 radical (unpaired) electrons. The third-order valence-corrected chi connectivity index (χ3v) is 5.93. The van der Waals surface area contributed by atoms with Crippen LogP contribution in [-0.4, -0.2) is 29.1 Å². The molecule has 0 unspecified atom stereocenters. The highest BCUT2D eigenvalue weighted by atomic mass is 32.1. The van der Waals surface area contributed by atoms with Gasteiger partial charge in [-0.05, 0) is 37.7 Å². The predicted molar refractivity (Wildman–Crippen MR) is 95.9 cm³/mol. The Morgan fingerprint density at radius 2 is 2.12 bits per heavy atom. The van der Waals surface area contributed by atoms with Crippen molar-refractivity contribution < 1.29 is 0 Å². The molecule has 124 valence electrons. The van der Waals surface area contributed by atoms with Gasteiger partial charge >= 0.3 is 0 Å². The zero-order chi connectivity index (χ0) is 16.7. The molecule has 0 bridgehead atoms. The maximum Gasteiger partial charge on any atom is 0.185 e. The highest BCUT2D eigenvalue weighted by molar-refractivity contribution is 7.19. The zero-order valence-electron chi connectivity index (χ0n) is 13.5. The van der Waals surface area contributed by atoms with Crippen LogP contribution in [0, 0.1) is 11.3 Å². The Kier molecular flexibility index (Phi) is 3.87. The fraction of sp³-hybridized carbons (Fsp3) is 0.471. The van der Waals surface area contributed by atoms with E-state index in [-0.39, 0.29) is 6.04 Å². The van der Waals surface area contributed by atoms with Gasteiger partial charge < -0.3 is 16.4 Å². The normalized spacial score (nSPS) is 20.0. The van der Waals surface area contributed by atoms with E-state index < -0.39 is 0 Å². The molecule has 1 fully saturated rings. The average Bonchev–Trinajstić information content (AvgIpc) is 3.25. The van der Waals surface area contributed by atoms with Crippen molar-refractivity contribution in [3.63, 3.8) is 0 Å². The average molecular weight is 340 g/mol. The van der Waals surface area contributed by atoms with Crippen molar-refractivity contribution in [3.8, 4) is 16.5 Å². The fourth-order valence-electron chi connectivity index (χ4n) is 3.63. The topological polar surface area (TPSA) is 105 Å². The van der Waals surface area contributed by atoms with Crippen LogP contribution in [0.5, 0.6) is 0 Å². The van der Waals surface area contributed by atoms with Gasteiger partial charge in [0, 0.05) is 36.6 Å². The Bertz CT molecular complexity index is 815. The van der Waals surface area contributed by atoms with Crippen molar-refractivity contribution in [2.75, 3.05) is 23.7 Å². The Hall–Kier alpha value is -2.17. The first-order valence-corrected chi connectivity index (χ1v) is 9.17. The number of nitrogens with zero attached hydrogens (tertiary/aromatic N) is 4. The monoisotopic (exact) mass is 340 g/mol. The number of thiazole rings is 1. The van der Waals surface area contributed by atoms with Gasteiger partial charge in [-0.15, -0.1) is 0 Å². The van der Waals surface area contributed by atoms with Crippen LogP contribution in [0.25, 0.3) is 10.4 Å². The van der Waals surface area contributed by atoms with Crippen LogP contribution in [0.2, 0.25) is 0 Å². The van der Waals surface area contributed by atoms with E-state index in [2.05, 4.69) is 20.9 Å². The van der Waals surface area contributed by atoms with Gasteiger partial charge in [-0.3, -0.25) is 0 Å². The minimum Gasteiger partial charge on any atom is -0.383 e. The van der Waals surface area contributed by atoms with E-state index >= 15 is 0 Å². The van der Waals surface area contributed by atoms with Gasteiger partial charge in [0.05, 0.1) is 4.88 Å². The predicted octanol–water partition coefficient (Wildman–Crippen LogP) is 2.08. The van der Waals surface area contributed by atoms with E-state index in [1.165, 1.54) is 12.8 Å². The van der Waals surface area contributed by atoms with Crippen LogP contribution in [-0.2, 0) is 12.8 Å². The summed E-state index contributed by atoms with van der Waals surface area (Å²) in [6.07, 6.45) is 6.76. The molecule has 0 aromatic carbocycles. The summed E-state index contributed by atoms with van der Waals surface area (Å²) < 4.78 is 0. The number of nitrogen functional groups attached to an aromatic ring is 1. The van der Waals surface area contributed by atoms with Crippen LogP contribution in [0.1, 0.15) is 36.1 Å². The molecule has 24 heavy (non-hydrogen) atoms. The second kappa shape index (κ2) is 6.04. The Balaban J connectivity index is 1.84. The number of anilines is 2. The second-order valence-electron chi connectivity index (χ2n) is 6.49. The summed E-state index contributed by atoms with van der Waals surface area (Å²) in [4.78, 5) is 12.4. The van der Waals surface area contributed by atoms with Crippen LogP contribution in [0.15, 0.2) is 6.20 Å². The maximum atomic E-state index is 9.62. The van der Waals surface area contributed by atoms with Crippen molar-refractivity contribution >= 4 is 22.3 Å². The third-order valence-electron chi connectivity index (χ3n) is 4.86. The van der Waals surface area contributed by atoms with E-state index in [9.17, 15) is 5.26 Å². The molecule has 1 aliphatic heterocycles. The molecular formula is C17H20N6S. The molecule has 4 rings (SSSR count). The molecule has 2 aromatic heterocycles. The number of hydrogen-bond donors (Lipinski definition) is 2. The maximum absolute atomic E-state index is 9.62. The Labute approximate surface area is 145 Å². The molecule has 2 aliphatic rings. The van der Waals surface area contributed by atoms with Gasteiger partial charge in [-0.2, -0.15) is 5.26 Å². The number of hydrogen-bond acceptors (Lipinski definition) is 7. The molecular weight excluding hydrogens is 320 g/mol. The van der Waals surface area contributed by atoms with E-state index in [0.717, 1.165) is 59.2 Å². The summed E-state index contributed by atoms with van der Waals surface area (Å²) in [5.74, 6) is 0.317. The molecule has 0 spiro atoms. The van der Waals surface area contributed by atoms with Gasteiger partial charge in [-0.25, -0.2) is 9.97 Å². The number of fused-ring (bicyclic) bond motifs is 1. The molecule has 2 aromatic rings. The Morgan fingerprint density at radius 3 is 2.88 bits per heavy atom. The standard InChI is InChI=1S/C17H20N6S/c18-8-12-15(11-7-10(19)3-4-13(11)22-16(12)20)14-9-21-17(24-14)23-5-1-2-6-23/h9-10H,1-7,19H2,(H2,20,22)/t10-/m1/s1. The lowest BCUT2D eigenvalue weighted by Gasteiger charge is -2.24. The summed E-state index contributed by atoms with van der Waals surface area (Å²) >= 11 is 1.64. The zero-order valence-corrected chi connectivity index (χ0v) is 14.3. The summed E-state index contributed by atoms with van der Waals surface area (Å²) in [7, 11) is 0. The van der Waals surface area contributed by atoms with Crippen LogP contribution in [0.3, 0.4) is 0 Å². The first kappa shape index (κ1) is 15.4. The Morgan fingerprint density at radius 1 is 1.33 bits per heavy atom. The van der Waals surface area contributed by atoms with Gasteiger partial charge in [0.25, 0.3) is 0 Å². The van der Waals surface area contributed by atoms with Crippen LogP contribution >= 0.6 is 11.3 Å². The van der Waals surface area contributed by atoms with E-state index in [0.29, 0.717) is 11.4 Å². The lowest BCUT2D eigenvalue weighted by Crippen LogP contribution is -2.29. The molecule has 1 atom stereocenters. The summed E-state index contributed by atoms with van der Waals surface area (Å²) in [5.41, 5.74) is 15.7. The SMILES string of the molecule is N#Cc1c(N)nc2c(c1-c1cnc(N3CCCC3)s1)C[C@H](N)CC2. The van der Waals surface area contributed by atoms with Gasteiger partial charge in [0.2, 0.25) is 0 Å². The second-order valence-corrected chi connectivity index (χ2v) is 7.50. The summed E-state index contributed by atoms with van der Waals surface area (Å²) in [6.45, 7) is 2.11. The van der Waals surface area contributed by atoms with Crippen molar-refractivity contribution in [1.29, 1.82) is 5.26 Å². The molecule has 1 saturated heterocycles. The van der Waals surface area contributed by atoms with E-state index in [1.54, 1.807) is 11.3 Å². The van der Waals surface area contributed by atoms with E-state index in [4.69, 9.17) is 11.5 Å². The molecule has 1 aliphatic carbocycles. The molecule has 3 heterocycles. The number of aryl methyl sites for hydroxylation is 1. The molecule has 0 saturated carbocycles. The molecule has 0 amide bonds. The number of nitriles is 1. The highest BCUT2D eigenvalue weighted by Gasteiger charge is 2.26. The minimum absolute atomic E-state index is 0.110. The smallest absolute Gasteiger partial charge is 0.185 e. The van der Waals surface area contributed by atoms with Crippen molar-refractivity contribution in [1.82, 2.24) is 9.97 Å². The quantitative estimate of drug-likeness (QED) is 0.867. The van der Waals surface area contributed by atoms with Crippen molar-refractivity contribution in [2.24, 2.45) is 5.73 Å². The minimum atomic E-state index is 0.110.